The Morgan fingerprint density at radius 2 is 1.91 bits per heavy atom. The van der Waals surface area contributed by atoms with E-state index < -0.39 is 0 Å². The van der Waals surface area contributed by atoms with Gasteiger partial charge in [0.2, 0.25) is 4.80 Å². The molecule has 0 saturated heterocycles. The Labute approximate surface area is 140 Å². The van der Waals surface area contributed by atoms with E-state index in [1.807, 2.05) is 11.6 Å². The molecule has 0 N–H and O–H groups in total. The summed E-state index contributed by atoms with van der Waals surface area (Å²) in [5.74, 6) is 0.569. The summed E-state index contributed by atoms with van der Waals surface area (Å²) in [5, 5.41) is 6.94. The predicted molar refractivity (Wildman–Crippen MR) is 94.3 cm³/mol. The molecule has 1 aliphatic carbocycles. The Balaban J connectivity index is 2.03. The Hall–Kier alpha value is -1.75. The normalized spacial score (nSPS) is 19.2. The van der Waals surface area contributed by atoms with Crippen LogP contribution in [0.5, 0.6) is 0 Å². The first kappa shape index (κ1) is 16.1. The second kappa shape index (κ2) is 7.21. The highest BCUT2D eigenvalue weighted by molar-refractivity contribution is 7.07. The molecule has 0 atom stereocenters. The van der Waals surface area contributed by atoms with Crippen molar-refractivity contribution in [2.75, 3.05) is 6.54 Å². The van der Waals surface area contributed by atoms with E-state index in [0.29, 0.717) is 0 Å². The molecule has 3 rings (SSSR count). The predicted octanol–water partition coefficient (Wildman–Crippen LogP) is 4.69. The third-order valence-electron chi connectivity index (χ3n) is 4.21. The molecule has 0 bridgehead atoms. The summed E-state index contributed by atoms with van der Waals surface area (Å²) in [6, 6.07) is 6.58. The van der Waals surface area contributed by atoms with Gasteiger partial charge in [0.25, 0.3) is 0 Å². The maximum absolute atomic E-state index is 13.2. The molecule has 3 nitrogen and oxygen atoms in total. The molecule has 0 radical (unpaired) electrons. The zero-order valence-corrected chi connectivity index (χ0v) is 14.4. The molecule has 1 aromatic heterocycles. The first-order valence-electron chi connectivity index (χ1n) is 8.21. The van der Waals surface area contributed by atoms with Crippen molar-refractivity contribution in [2.45, 2.75) is 39.5 Å². The number of rotatable bonds is 3. The van der Waals surface area contributed by atoms with Gasteiger partial charge in [-0.3, -0.25) is 4.99 Å². The van der Waals surface area contributed by atoms with Crippen LogP contribution in [0.4, 0.5) is 4.39 Å². The fourth-order valence-corrected chi connectivity index (χ4v) is 3.69. The van der Waals surface area contributed by atoms with Crippen molar-refractivity contribution in [3.8, 4) is 11.3 Å². The highest BCUT2D eigenvalue weighted by Crippen LogP contribution is 2.24. The monoisotopic (exact) mass is 331 g/mol. The smallest absolute Gasteiger partial charge is 0.206 e. The summed E-state index contributed by atoms with van der Waals surface area (Å²) < 4.78 is 15.1. The van der Waals surface area contributed by atoms with E-state index >= 15 is 0 Å². The Kier molecular flexibility index (Phi) is 5.06. The number of thiazole rings is 1. The van der Waals surface area contributed by atoms with Crippen LogP contribution in [0.1, 0.15) is 39.5 Å². The fraction of sp³-hybridized carbons (Fsp3) is 0.444. The standard InChI is InChI=1S/C18H22FN3S/c1-3-20-18-22(21-16-10-4-13(2)5-11-16)17(12-23-18)14-6-8-15(19)9-7-14/h6-9,12-13H,3-5,10-11H2,1-2H3. The molecule has 0 amide bonds. The van der Waals surface area contributed by atoms with Crippen molar-refractivity contribution in [1.82, 2.24) is 4.68 Å². The van der Waals surface area contributed by atoms with Crippen LogP contribution >= 0.6 is 11.3 Å². The minimum absolute atomic E-state index is 0.221. The quantitative estimate of drug-likeness (QED) is 0.781. The minimum atomic E-state index is -0.221. The van der Waals surface area contributed by atoms with Gasteiger partial charge >= 0.3 is 0 Å². The van der Waals surface area contributed by atoms with Crippen LogP contribution in [-0.4, -0.2) is 16.9 Å². The van der Waals surface area contributed by atoms with Crippen LogP contribution in [0.15, 0.2) is 39.7 Å². The zero-order chi connectivity index (χ0) is 16.2. The third-order valence-corrected chi connectivity index (χ3v) is 5.07. The Bertz CT molecular complexity index is 745. The number of aromatic nitrogens is 1. The Morgan fingerprint density at radius 1 is 1.22 bits per heavy atom. The van der Waals surface area contributed by atoms with E-state index in [-0.39, 0.29) is 5.82 Å². The van der Waals surface area contributed by atoms with E-state index in [2.05, 4.69) is 17.3 Å². The summed E-state index contributed by atoms with van der Waals surface area (Å²) in [4.78, 5) is 5.45. The summed E-state index contributed by atoms with van der Waals surface area (Å²) >= 11 is 1.58. The Morgan fingerprint density at radius 3 is 2.57 bits per heavy atom. The van der Waals surface area contributed by atoms with Crippen LogP contribution < -0.4 is 4.80 Å². The van der Waals surface area contributed by atoms with Crippen LogP contribution in [0.3, 0.4) is 0 Å². The van der Waals surface area contributed by atoms with Gasteiger partial charge in [0.1, 0.15) is 5.82 Å². The van der Waals surface area contributed by atoms with Crippen molar-refractivity contribution < 1.29 is 4.39 Å². The minimum Gasteiger partial charge on any atom is -0.258 e. The van der Waals surface area contributed by atoms with Crippen LogP contribution in [0.25, 0.3) is 11.3 Å². The van der Waals surface area contributed by atoms with Crippen molar-refractivity contribution in [3.05, 3.63) is 40.3 Å². The van der Waals surface area contributed by atoms with Gasteiger partial charge in [-0.2, -0.15) is 5.10 Å². The zero-order valence-electron chi connectivity index (χ0n) is 13.6. The molecule has 1 heterocycles. The van der Waals surface area contributed by atoms with Gasteiger partial charge in [-0.05, 0) is 62.8 Å². The summed E-state index contributed by atoms with van der Waals surface area (Å²) in [7, 11) is 0. The molecule has 0 spiro atoms. The molecule has 2 aromatic rings. The second-order valence-corrected chi connectivity index (χ2v) is 6.88. The number of benzene rings is 1. The highest BCUT2D eigenvalue weighted by atomic mass is 32.1. The van der Waals surface area contributed by atoms with Gasteiger partial charge in [0.05, 0.1) is 5.69 Å². The average Bonchev–Trinajstić information content (AvgIpc) is 2.94. The maximum atomic E-state index is 13.2. The van der Waals surface area contributed by atoms with Gasteiger partial charge in [0.15, 0.2) is 0 Å². The third kappa shape index (κ3) is 3.78. The summed E-state index contributed by atoms with van der Waals surface area (Å²) in [6.45, 7) is 5.05. The topological polar surface area (TPSA) is 29.6 Å². The van der Waals surface area contributed by atoms with Crippen LogP contribution in [0.2, 0.25) is 0 Å². The molecule has 0 unspecified atom stereocenters. The fourth-order valence-electron chi connectivity index (χ4n) is 2.80. The lowest BCUT2D eigenvalue weighted by molar-refractivity contribution is 0.481. The molecule has 122 valence electrons. The number of hydrogen-bond donors (Lipinski definition) is 0. The maximum Gasteiger partial charge on any atom is 0.206 e. The van der Waals surface area contributed by atoms with Crippen molar-refractivity contribution >= 4 is 17.0 Å². The van der Waals surface area contributed by atoms with Crippen LogP contribution in [-0.2, 0) is 0 Å². The number of hydrogen-bond acceptors (Lipinski definition) is 3. The lowest BCUT2D eigenvalue weighted by Gasteiger charge is -2.19. The van der Waals surface area contributed by atoms with Gasteiger partial charge in [-0.15, -0.1) is 11.3 Å². The van der Waals surface area contributed by atoms with E-state index in [0.717, 1.165) is 41.4 Å². The van der Waals surface area contributed by atoms with E-state index in [1.54, 1.807) is 23.5 Å². The largest absolute Gasteiger partial charge is 0.258 e. The lowest BCUT2D eigenvalue weighted by atomic mass is 9.90. The number of halogens is 1. The molecule has 1 aliphatic rings. The van der Waals surface area contributed by atoms with Gasteiger partial charge < -0.3 is 0 Å². The van der Waals surface area contributed by atoms with E-state index in [4.69, 9.17) is 5.10 Å². The van der Waals surface area contributed by atoms with Crippen molar-refractivity contribution in [1.29, 1.82) is 0 Å². The SMILES string of the molecule is CCN=c1scc(-c2ccc(F)cc2)n1N=C1CCC(C)CC1. The van der Waals surface area contributed by atoms with Crippen LogP contribution in [0, 0.1) is 11.7 Å². The molecule has 1 saturated carbocycles. The molecule has 1 fully saturated rings. The first-order chi connectivity index (χ1) is 11.2. The second-order valence-electron chi connectivity index (χ2n) is 6.05. The molecule has 23 heavy (non-hydrogen) atoms. The average molecular weight is 331 g/mol. The van der Waals surface area contributed by atoms with Gasteiger partial charge in [-0.1, -0.05) is 6.92 Å². The van der Waals surface area contributed by atoms with Gasteiger partial charge in [-0.25, -0.2) is 9.07 Å². The molecule has 0 aliphatic heterocycles. The van der Waals surface area contributed by atoms with Gasteiger partial charge in [0, 0.05) is 23.2 Å². The summed E-state index contributed by atoms with van der Waals surface area (Å²) in [6.07, 6.45) is 4.52. The van der Waals surface area contributed by atoms with Crippen molar-refractivity contribution in [2.24, 2.45) is 16.0 Å². The van der Waals surface area contributed by atoms with E-state index in [9.17, 15) is 4.39 Å². The highest BCUT2D eigenvalue weighted by Gasteiger charge is 2.15. The van der Waals surface area contributed by atoms with E-state index in [1.165, 1.54) is 30.7 Å². The molecule has 1 aromatic carbocycles. The molecular formula is C18H22FN3S. The van der Waals surface area contributed by atoms with Crippen molar-refractivity contribution in [3.63, 3.8) is 0 Å². The number of nitrogens with zero attached hydrogens (tertiary/aromatic N) is 3. The summed E-state index contributed by atoms with van der Waals surface area (Å²) in [5.41, 5.74) is 3.18. The lowest BCUT2D eigenvalue weighted by Crippen LogP contribution is -2.18. The molecular weight excluding hydrogens is 309 g/mol. The molecule has 5 heteroatoms. The first-order valence-corrected chi connectivity index (χ1v) is 9.09.